The quantitative estimate of drug-likeness (QED) is 0.432. The molecule has 2 aromatic rings. The second-order valence-electron chi connectivity index (χ2n) is 5.94. The first-order valence-corrected chi connectivity index (χ1v) is 8.47. The molecule has 6 heteroatoms. The van der Waals surface area contributed by atoms with Gasteiger partial charge in [-0.15, -0.1) is 0 Å². The summed E-state index contributed by atoms with van der Waals surface area (Å²) in [5.41, 5.74) is 3.51. The van der Waals surface area contributed by atoms with Crippen LogP contribution in [-0.2, 0) is 0 Å². The molecule has 0 aromatic heterocycles. The summed E-state index contributed by atoms with van der Waals surface area (Å²) in [7, 11) is 0. The van der Waals surface area contributed by atoms with Crippen LogP contribution in [0.1, 0.15) is 17.5 Å². The number of nitrogens with one attached hydrogen (secondary N) is 2. The Morgan fingerprint density at radius 3 is 2.88 bits per heavy atom. The second kappa shape index (κ2) is 7.68. The van der Waals surface area contributed by atoms with Crippen LogP contribution in [-0.4, -0.2) is 25.3 Å². The topological polar surface area (TPSA) is 62.4 Å². The maximum absolute atomic E-state index is 14.4. The number of halogens is 2. The SMILES string of the molecule is C=Cc1c(/C=N\N)cc(-c2c(F)cccc2Cl)cc1NC1CCNC1. The molecule has 1 aliphatic heterocycles. The summed E-state index contributed by atoms with van der Waals surface area (Å²) in [4.78, 5) is 0. The highest BCUT2D eigenvalue weighted by atomic mass is 35.5. The predicted octanol–water partition coefficient (Wildman–Crippen LogP) is 3.86. The van der Waals surface area contributed by atoms with E-state index in [-0.39, 0.29) is 5.82 Å². The Balaban J connectivity index is 2.15. The predicted molar refractivity (Wildman–Crippen MR) is 104 cm³/mol. The molecule has 130 valence electrons. The van der Waals surface area contributed by atoms with E-state index in [1.54, 1.807) is 18.2 Å². The minimum Gasteiger partial charge on any atom is -0.380 e. The Bertz CT molecular complexity index is 793. The van der Waals surface area contributed by atoms with Crippen LogP contribution in [0.3, 0.4) is 0 Å². The van der Waals surface area contributed by atoms with Crippen LogP contribution in [0, 0.1) is 5.82 Å². The molecule has 0 bridgehead atoms. The van der Waals surface area contributed by atoms with Gasteiger partial charge in [0.05, 0.1) is 11.2 Å². The van der Waals surface area contributed by atoms with Gasteiger partial charge in [-0.1, -0.05) is 30.3 Å². The van der Waals surface area contributed by atoms with E-state index in [4.69, 9.17) is 17.4 Å². The van der Waals surface area contributed by atoms with Gasteiger partial charge in [-0.2, -0.15) is 5.10 Å². The van der Waals surface area contributed by atoms with Crippen LogP contribution in [0.25, 0.3) is 17.2 Å². The Morgan fingerprint density at radius 1 is 1.40 bits per heavy atom. The van der Waals surface area contributed by atoms with E-state index in [2.05, 4.69) is 22.3 Å². The van der Waals surface area contributed by atoms with Crippen molar-refractivity contribution in [3.8, 4) is 11.1 Å². The van der Waals surface area contributed by atoms with E-state index >= 15 is 0 Å². The van der Waals surface area contributed by atoms with Crippen molar-refractivity contribution in [1.82, 2.24) is 5.32 Å². The van der Waals surface area contributed by atoms with Crippen LogP contribution in [0.15, 0.2) is 42.0 Å². The van der Waals surface area contributed by atoms with E-state index in [0.717, 1.165) is 36.3 Å². The average Bonchev–Trinajstić information content (AvgIpc) is 3.08. The van der Waals surface area contributed by atoms with Crippen molar-refractivity contribution >= 4 is 29.6 Å². The molecule has 25 heavy (non-hydrogen) atoms. The van der Waals surface area contributed by atoms with Crippen LogP contribution in [0.2, 0.25) is 5.02 Å². The molecule has 1 unspecified atom stereocenters. The molecule has 1 saturated heterocycles. The fourth-order valence-electron chi connectivity index (χ4n) is 3.13. The lowest BCUT2D eigenvalue weighted by Gasteiger charge is -2.19. The molecule has 1 aliphatic rings. The fourth-order valence-corrected chi connectivity index (χ4v) is 3.40. The maximum atomic E-state index is 14.4. The van der Waals surface area contributed by atoms with Crippen molar-refractivity contribution in [2.75, 3.05) is 18.4 Å². The zero-order valence-corrected chi connectivity index (χ0v) is 14.5. The second-order valence-corrected chi connectivity index (χ2v) is 6.35. The Labute approximate surface area is 151 Å². The number of nitrogens with two attached hydrogens (primary N) is 1. The van der Waals surface area contributed by atoms with Gasteiger partial charge in [0.15, 0.2) is 0 Å². The summed E-state index contributed by atoms with van der Waals surface area (Å²) in [5.74, 6) is 4.98. The third kappa shape index (κ3) is 3.67. The number of hydrazone groups is 1. The summed E-state index contributed by atoms with van der Waals surface area (Å²) in [6.07, 6.45) is 4.30. The third-order valence-corrected chi connectivity index (χ3v) is 4.62. The first kappa shape index (κ1) is 17.5. The van der Waals surface area contributed by atoms with Crippen LogP contribution >= 0.6 is 11.6 Å². The average molecular weight is 359 g/mol. The van der Waals surface area contributed by atoms with Crippen LogP contribution < -0.4 is 16.5 Å². The van der Waals surface area contributed by atoms with Gasteiger partial charge in [-0.3, -0.25) is 0 Å². The van der Waals surface area contributed by atoms with Crippen LogP contribution in [0.5, 0.6) is 0 Å². The first-order valence-electron chi connectivity index (χ1n) is 8.09. The summed E-state index contributed by atoms with van der Waals surface area (Å²) < 4.78 is 14.4. The molecule has 4 nitrogen and oxygen atoms in total. The Hall–Kier alpha value is -2.37. The van der Waals surface area contributed by atoms with Crippen molar-refractivity contribution in [2.24, 2.45) is 10.9 Å². The minimum atomic E-state index is -0.372. The largest absolute Gasteiger partial charge is 0.380 e. The monoisotopic (exact) mass is 358 g/mol. The Morgan fingerprint density at radius 2 is 2.24 bits per heavy atom. The van der Waals surface area contributed by atoms with Gasteiger partial charge in [0, 0.05) is 35.0 Å². The molecule has 4 N–H and O–H groups in total. The van der Waals surface area contributed by atoms with E-state index < -0.39 is 0 Å². The van der Waals surface area contributed by atoms with E-state index in [1.165, 1.54) is 12.3 Å². The summed E-state index contributed by atoms with van der Waals surface area (Å²) in [6, 6.07) is 8.67. The normalized spacial score (nSPS) is 17.1. The van der Waals surface area contributed by atoms with Crippen LogP contribution in [0.4, 0.5) is 10.1 Å². The molecule has 1 fully saturated rings. The summed E-state index contributed by atoms with van der Waals surface area (Å²) >= 11 is 6.24. The van der Waals surface area contributed by atoms with Gasteiger partial charge in [-0.05, 0) is 42.8 Å². The molecule has 0 saturated carbocycles. The standard InChI is InChI=1S/C19H20ClFN4/c1-2-15-13(10-24-22)8-12(19-16(20)4-3-5-17(19)21)9-18(15)25-14-6-7-23-11-14/h2-5,8-10,14,23,25H,1,6-7,11,22H2/b24-10-. The van der Waals surface area contributed by atoms with Gasteiger partial charge in [0.1, 0.15) is 5.82 Å². The number of hydrogen-bond acceptors (Lipinski definition) is 4. The van der Waals surface area contributed by atoms with Gasteiger partial charge < -0.3 is 16.5 Å². The molecule has 1 heterocycles. The number of hydrogen-bond donors (Lipinski definition) is 3. The lowest BCUT2D eigenvalue weighted by molar-refractivity contribution is 0.631. The van der Waals surface area contributed by atoms with Gasteiger partial charge in [-0.25, -0.2) is 4.39 Å². The van der Waals surface area contributed by atoms with Crippen molar-refractivity contribution in [1.29, 1.82) is 0 Å². The lowest BCUT2D eigenvalue weighted by Crippen LogP contribution is -2.22. The fraction of sp³-hybridized carbons (Fsp3) is 0.211. The number of anilines is 1. The zero-order valence-electron chi connectivity index (χ0n) is 13.7. The number of nitrogens with zero attached hydrogens (tertiary/aromatic N) is 1. The molecule has 1 atom stereocenters. The van der Waals surface area contributed by atoms with Crippen molar-refractivity contribution in [2.45, 2.75) is 12.5 Å². The number of benzene rings is 2. The van der Waals surface area contributed by atoms with Gasteiger partial charge in [0.2, 0.25) is 0 Å². The molecular weight excluding hydrogens is 339 g/mol. The van der Waals surface area contributed by atoms with E-state index in [0.29, 0.717) is 22.2 Å². The highest BCUT2D eigenvalue weighted by molar-refractivity contribution is 6.33. The van der Waals surface area contributed by atoms with Gasteiger partial charge >= 0.3 is 0 Å². The zero-order chi connectivity index (χ0) is 17.8. The molecular formula is C19H20ClFN4. The third-order valence-electron chi connectivity index (χ3n) is 4.30. The van der Waals surface area contributed by atoms with E-state index in [9.17, 15) is 4.39 Å². The number of rotatable bonds is 5. The minimum absolute atomic E-state index is 0.299. The smallest absolute Gasteiger partial charge is 0.132 e. The van der Waals surface area contributed by atoms with Crippen molar-refractivity contribution < 1.29 is 4.39 Å². The highest BCUT2D eigenvalue weighted by Gasteiger charge is 2.18. The van der Waals surface area contributed by atoms with Crippen molar-refractivity contribution in [3.63, 3.8) is 0 Å². The van der Waals surface area contributed by atoms with Crippen molar-refractivity contribution in [3.05, 3.63) is 58.9 Å². The maximum Gasteiger partial charge on any atom is 0.132 e. The lowest BCUT2D eigenvalue weighted by atomic mass is 9.96. The summed E-state index contributed by atoms with van der Waals surface area (Å²) in [6.45, 7) is 5.73. The first-order chi connectivity index (χ1) is 12.1. The highest BCUT2D eigenvalue weighted by Crippen LogP contribution is 2.35. The molecule has 0 aliphatic carbocycles. The molecule has 0 amide bonds. The molecule has 3 rings (SSSR count). The van der Waals surface area contributed by atoms with Gasteiger partial charge in [0.25, 0.3) is 0 Å². The van der Waals surface area contributed by atoms with E-state index in [1.807, 2.05) is 12.1 Å². The summed E-state index contributed by atoms with van der Waals surface area (Å²) in [5, 5.41) is 10.8. The molecule has 0 spiro atoms. The Kier molecular flexibility index (Phi) is 5.36. The molecule has 0 radical (unpaired) electrons. The molecule has 2 aromatic carbocycles.